The van der Waals surface area contributed by atoms with Crippen molar-refractivity contribution in [2.24, 2.45) is 0 Å². The summed E-state index contributed by atoms with van der Waals surface area (Å²) in [5.41, 5.74) is 3.65. The molecule has 0 amide bonds. The minimum Gasteiger partial charge on any atom is -0.313 e. The minimum absolute atomic E-state index is 0.772. The molecular weight excluding hydrogens is 326 g/mol. The molecule has 2 rings (SSSR count). The summed E-state index contributed by atoms with van der Waals surface area (Å²) >= 11 is 9.51. The zero-order valence-corrected chi connectivity index (χ0v) is 13.2. The summed E-state index contributed by atoms with van der Waals surface area (Å²) in [7, 11) is 0. The van der Waals surface area contributed by atoms with Gasteiger partial charge in [0.25, 0.3) is 0 Å². The molecule has 0 unspecified atom stereocenters. The van der Waals surface area contributed by atoms with Crippen LogP contribution in [0.4, 0.5) is 0 Å². The van der Waals surface area contributed by atoms with Crippen molar-refractivity contribution in [3.8, 4) is 0 Å². The fourth-order valence-electron chi connectivity index (χ4n) is 1.93. The number of benzene rings is 1. The highest BCUT2D eigenvalue weighted by Crippen LogP contribution is 2.20. The Labute approximate surface area is 126 Å². The zero-order valence-electron chi connectivity index (χ0n) is 10.8. The lowest BCUT2D eigenvalue weighted by molar-refractivity contribution is 0.647. The van der Waals surface area contributed by atoms with E-state index in [-0.39, 0.29) is 0 Å². The van der Waals surface area contributed by atoms with E-state index in [1.54, 1.807) is 0 Å². The van der Waals surface area contributed by atoms with Crippen LogP contribution < -0.4 is 5.32 Å². The molecule has 0 aliphatic heterocycles. The number of nitrogens with one attached hydrogen (secondary N) is 2. The monoisotopic (exact) mass is 341 g/mol. The maximum Gasteiger partial charge on any atom is 0.0522 e. The molecule has 1 heterocycles. The van der Waals surface area contributed by atoms with Gasteiger partial charge in [-0.2, -0.15) is 5.10 Å². The maximum absolute atomic E-state index is 5.98. The van der Waals surface area contributed by atoms with Crippen molar-refractivity contribution in [1.29, 1.82) is 0 Å². The quantitative estimate of drug-likeness (QED) is 0.783. The Hall–Kier alpha value is -0.840. The lowest BCUT2D eigenvalue weighted by atomic mass is 10.1. The molecule has 0 aliphatic rings. The largest absolute Gasteiger partial charge is 0.313 e. The van der Waals surface area contributed by atoms with Crippen molar-refractivity contribution in [3.05, 3.63) is 50.7 Å². The van der Waals surface area contributed by atoms with E-state index in [4.69, 9.17) is 11.6 Å². The van der Waals surface area contributed by atoms with Crippen molar-refractivity contribution in [1.82, 2.24) is 15.5 Å². The second-order valence-corrected chi connectivity index (χ2v) is 5.83. The van der Waals surface area contributed by atoms with Gasteiger partial charge in [0, 0.05) is 21.7 Å². The van der Waals surface area contributed by atoms with Crippen LogP contribution in [-0.2, 0) is 13.0 Å². The van der Waals surface area contributed by atoms with Gasteiger partial charge in [-0.3, -0.25) is 5.10 Å². The lowest BCUT2D eigenvalue weighted by Crippen LogP contribution is -2.15. The van der Waals surface area contributed by atoms with Crippen LogP contribution in [0.3, 0.4) is 0 Å². The van der Waals surface area contributed by atoms with Crippen molar-refractivity contribution < 1.29 is 0 Å². The Morgan fingerprint density at radius 1 is 1.37 bits per heavy atom. The second kappa shape index (κ2) is 7.08. The van der Waals surface area contributed by atoms with E-state index in [0.717, 1.165) is 41.1 Å². The van der Waals surface area contributed by atoms with Crippen molar-refractivity contribution in [3.63, 3.8) is 0 Å². The molecule has 102 valence electrons. The van der Waals surface area contributed by atoms with Gasteiger partial charge in [0.1, 0.15) is 0 Å². The first-order valence-electron chi connectivity index (χ1n) is 6.30. The smallest absolute Gasteiger partial charge is 0.0522 e. The van der Waals surface area contributed by atoms with E-state index in [2.05, 4.69) is 38.4 Å². The first-order chi connectivity index (χ1) is 9.16. The molecule has 0 fully saturated rings. The van der Waals surface area contributed by atoms with Crippen molar-refractivity contribution >= 4 is 27.5 Å². The molecule has 1 aromatic heterocycles. The van der Waals surface area contributed by atoms with Crippen LogP contribution in [0.2, 0.25) is 5.02 Å². The molecule has 2 aromatic rings. The maximum atomic E-state index is 5.98. The standard InChI is InChI=1S/C14H17BrClN3/c1-10-11(9-18-19-10)3-2-6-17-8-12-7-13(16)4-5-14(12)15/h4-5,7,9,17H,2-3,6,8H2,1H3,(H,18,19). The molecule has 0 radical (unpaired) electrons. The molecule has 0 spiro atoms. The Balaban J connectivity index is 1.72. The molecule has 5 heteroatoms. The topological polar surface area (TPSA) is 40.7 Å². The van der Waals surface area contributed by atoms with Crippen LogP contribution >= 0.6 is 27.5 Å². The predicted molar refractivity (Wildman–Crippen MR) is 82.5 cm³/mol. The van der Waals surface area contributed by atoms with Gasteiger partial charge in [0.15, 0.2) is 0 Å². The SMILES string of the molecule is Cc1[nH]ncc1CCCNCc1cc(Cl)ccc1Br. The summed E-state index contributed by atoms with van der Waals surface area (Å²) in [6.07, 6.45) is 4.05. The summed E-state index contributed by atoms with van der Waals surface area (Å²) in [6.45, 7) is 3.86. The first kappa shape index (κ1) is 14.6. The number of nitrogens with zero attached hydrogens (tertiary/aromatic N) is 1. The third-order valence-corrected chi connectivity index (χ3v) is 4.07. The first-order valence-corrected chi connectivity index (χ1v) is 7.47. The number of aryl methyl sites for hydroxylation is 2. The number of aromatic nitrogens is 2. The van der Waals surface area contributed by atoms with Gasteiger partial charge in [-0.1, -0.05) is 27.5 Å². The average molecular weight is 343 g/mol. The average Bonchev–Trinajstić information content (AvgIpc) is 2.79. The molecule has 0 aliphatic carbocycles. The third kappa shape index (κ3) is 4.34. The number of aromatic amines is 1. The summed E-state index contributed by atoms with van der Waals surface area (Å²) in [6, 6.07) is 5.85. The van der Waals surface area contributed by atoms with Crippen LogP contribution in [0.15, 0.2) is 28.9 Å². The highest BCUT2D eigenvalue weighted by Gasteiger charge is 2.02. The summed E-state index contributed by atoms with van der Waals surface area (Å²) < 4.78 is 1.09. The van der Waals surface area contributed by atoms with E-state index < -0.39 is 0 Å². The van der Waals surface area contributed by atoms with E-state index in [9.17, 15) is 0 Å². The number of rotatable bonds is 6. The van der Waals surface area contributed by atoms with Crippen LogP contribution in [-0.4, -0.2) is 16.7 Å². The molecule has 2 N–H and O–H groups in total. The molecule has 0 saturated heterocycles. The highest BCUT2D eigenvalue weighted by atomic mass is 79.9. The number of H-pyrrole nitrogens is 1. The molecule has 0 saturated carbocycles. The molecule has 0 atom stereocenters. The molecular formula is C14H17BrClN3. The van der Waals surface area contributed by atoms with E-state index >= 15 is 0 Å². The summed E-state index contributed by atoms with van der Waals surface area (Å²) in [5, 5.41) is 11.2. The number of hydrogen-bond acceptors (Lipinski definition) is 2. The Kier molecular flexibility index (Phi) is 5.43. The van der Waals surface area contributed by atoms with E-state index in [0.29, 0.717) is 0 Å². The third-order valence-electron chi connectivity index (χ3n) is 3.06. The fourth-order valence-corrected chi connectivity index (χ4v) is 2.51. The van der Waals surface area contributed by atoms with Crippen LogP contribution in [0.25, 0.3) is 0 Å². The number of hydrogen-bond donors (Lipinski definition) is 2. The fraction of sp³-hybridized carbons (Fsp3) is 0.357. The van der Waals surface area contributed by atoms with Gasteiger partial charge in [-0.05, 0) is 55.6 Å². The Bertz CT molecular complexity index is 539. The zero-order chi connectivity index (χ0) is 13.7. The summed E-state index contributed by atoms with van der Waals surface area (Å²) in [4.78, 5) is 0. The van der Waals surface area contributed by atoms with Gasteiger partial charge in [0.05, 0.1) is 6.20 Å². The van der Waals surface area contributed by atoms with Gasteiger partial charge < -0.3 is 5.32 Å². The van der Waals surface area contributed by atoms with Crippen LogP contribution in [0.1, 0.15) is 23.2 Å². The van der Waals surface area contributed by atoms with Crippen molar-refractivity contribution in [2.75, 3.05) is 6.54 Å². The summed E-state index contributed by atoms with van der Waals surface area (Å²) in [5.74, 6) is 0. The van der Waals surface area contributed by atoms with E-state index in [1.807, 2.05) is 24.4 Å². The minimum atomic E-state index is 0.772. The Morgan fingerprint density at radius 3 is 2.95 bits per heavy atom. The second-order valence-electron chi connectivity index (χ2n) is 4.54. The Morgan fingerprint density at radius 2 is 2.21 bits per heavy atom. The number of halogens is 2. The normalized spacial score (nSPS) is 10.9. The predicted octanol–water partition coefficient (Wildman–Crippen LogP) is 3.86. The highest BCUT2D eigenvalue weighted by molar-refractivity contribution is 9.10. The van der Waals surface area contributed by atoms with Gasteiger partial charge in [-0.15, -0.1) is 0 Å². The lowest BCUT2D eigenvalue weighted by Gasteiger charge is -2.07. The molecule has 3 nitrogen and oxygen atoms in total. The van der Waals surface area contributed by atoms with Crippen LogP contribution in [0.5, 0.6) is 0 Å². The van der Waals surface area contributed by atoms with Gasteiger partial charge >= 0.3 is 0 Å². The van der Waals surface area contributed by atoms with Gasteiger partial charge in [-0.25, -0.2) is 0 Å². The molecule has 1 aromatic carbocycles. The van der Waals surface area contributed by atoms with Crippen LogP contribution in [0, 0.1) is 6.92 Å². The molecule has 0 bridgehead atoms. The van der Waals surface area contributed by atoms with E-state index in [1.165, 1.54) is 11.1 Å². The van der Waals surface area contributed by atoms with Gasteiger partial charge in [0.2, 0.25) is 0 Å². The molecule has 19 heavy (non-hydrogen) atoms. The van der Waals surface area contributed by atoms with Crippen molar-refractivity contribution in [2.45, 2.75) is 26.3 Å².